The van der Waals surface area contributed by atoms with Gasteiger partial charge in [0.2, 0.25) is 0 Å². The van der Waals surface area contributed by atoms with Crippen molar-refractivity contribution in [3.05, 3.63) is 23.3 Å². The van der Waals surface area contributed by atoms with Crippen LogP contribution in [0.25, 0.3) is 0 Å². The zero-order valence-electron chi connectivity index (χ0n) is 13.3. The lowest BCUT2D eigenvalue weighted by atomic mass is 10.0. The van der Waals surface area contributed by atoms with E-state index < -0.39 is 0 Å². The largest absolute Gasteiger partial charge is 0.466 e. The van der Waals surface area contributed by atoms with Crippen molar-refractivity contribution < 1.29 is 9.53 Å². The van der Waals surface area contributed by atoms with Gasteiger partial charge in [0.1, 0.15) is 0 Å². The molecule has 0 radical (unpaired) electrons. The zero-order chi connectivity index (χ0) is 14.7. The molecule has 0 aromatic carbocycles. The molecule has 0 bridgehead atoms. The van der Waals surface area contributed by atoms with Crippen LogP contribution in [0.2, 0.25) is 0 Å². The van der Waals surface area contributed by atoms with Crippen molar-refractivity contribution in [2.24, 2.45) is 5.92 Å². The molecule has 110 valence electrons. The Kier molecular flexibility index (Phi) is 10.2. The molecule has 2 heteroatoms. The Morgan fingerprint density at radius 3 is 2.32 bits per heavy atom. The maximum absolute atomic E-state index is 10.6. The number of carbonyl (C=O) groups is 1. The summed E-state index contributed by atoms with van der Waals surface area (Å²) in [4.78, 5) is 10.6. The first-order valence-corrected chi connectivity index (χ1v) is 7.34. The Labute approximate surface area is 118 Å². The lowest BCUT2D eigenvalue weighted by Crippen LogP contribution is -2.05. The van der Waals surface area contributed by atoms with E-state index in [0.29, 0.717) is 12.5 Å². The molecular formula is C17H30O2. The third-order valence-corrected chi connectivity index (χ3v) is 3.16. The minimum atomic E-state index is -0.179. The average molecular weight is 266 g/mol. The van der Waals surface area contributed by atoms with Crippen molar-refractivity contribution in [2.75, 3.05) is 6.61 Å². The molecule has 0 aliphatic heterocycles. The lowest BCUT2D eigenvalue weighted by Gasteiger charge is -2.10. The second kappa shape index (κ2) is 10.8. The Balaban J connectivity index is 3.69. The summed E-state index contributed by atoms with van der Waals surface area (Å²) in [6.45, 7) is 10.7. The van der Waals surface area contributed by atoms with E-state index in [0.717, 1.165) is 25.7 Å². The second-order valence-corrected chi connectivity index (χ2v) is 5.68. The number of carbonyl (C=O) groups excluding carboxylic acids is 1. The van der Waals surface area contributed by atoms with Crippen molar-refractivity contribution in [3.63, 3.8) is 0 Å². The van der Waals surface area contributed by atoms with E-state index in [9.17, 15) is 4.79 Å². The molecule has 0 N–H and O–H groups in total. The molecule has 0 aromatic heterocycles. The molecule has 1 unspecified atom stereocenters. The van der Waals surface area contributed by atoms with Gasteiger partial charge in [-0.05, 0) is 58.8 Å². The summed E-state index contributed by atoms with van der Waals surface area (Å²) in [6, 6.07) is 0. The lowest BCUT2D eigenvalue weighted by molar-refractivity contribution is -0.141. The summed E-state index contributed by atoms with van der Waals surface area (Å²) >= 11 is 0. The van der Waals surface area contributed by atoms with Crippen LogP contribution in [0.4, 0.5) is 0 Å². The maximum atomic E-state index is 10.6. The Morgan fingerprint density at radius 2 is 1.74 bits per heavy atom. The number of hydrogen-bond donors (Lipinski definition) is 0. The fourth-order valence-electron chi connectivity index (χ4n) is 1.85. The van der Waals surface area contributed by atoms with Crippen LogP contribution in [0.1, 0.15) is 66.7 Å². The molecule has 0 aliphatic rings. The van der Waals surface area contributed by atoms with Gasteiger partial charge in [0.05, 0.1) is 6.61 Å². The minimum Gasteiger partial charge on any atom is -0.466 e. The van der Waals surface area contributed by atoms with Crippen molar-refractivity contribution in [2.45, 2.75) is 66.7 Å². The number of hydrogen-bond acceptors (Lipinski definition) is 2. The summed E-state index contributed by atoms with van der Waals surface area (Å²) in [5.74, 6) is 0.434. The third kappa shape index (κ3) is 13.2. The Morgan fingerprint density at radius 1 is 1.05 bits per heavy atom. The summed E-state index contributed by atoms with van der Waals surface area (Å²) in [5.41, 5.74) is 2.87. The van der Waals surface area contributed by atoms with Crippen LogP contribution < -0.4 is 0 Å². The molecule has 0 aromatic rings. The molecule has 0 amide bonds. The summed E-state index contributed by atoms with van der Waals surface area (Å²) in [5, 5.41) is 0. The van der Waals surface area contributed by atoms with Crippen LogP contribution in [-0.2, 0) is 9.53 Å². The highest BCUT2D eigenvalue weighted by molar-refractivity contribution is 5.65. The smallest absolute Gasteiger partial charge is 0.302 e. The van der Waals surface area contributed by atoms with Gasteiger partial charge in [0.15, 0.2) is 0 Å². The quantitative estimate of drug-likeness (QED) is 0.431. The zero-order valence-corrected chi connectivity index (χ0v) is 13.3. The van der Waals surface area contributed by atoms with Gasteiger partial charge in [0.25, 0.3) is 0 Å². The van der Waals surface area contributed by atoms with Crippen LogP contribution in [0.5, 0.6) is 0 Å². The third-order valence-electron chi connectivity index (χ3n) is 3.16. The van der Waals surface area contributed by atoms with E-state index in [1.165, 1.54) is 24.5 Å². The summed E-state index contributed by atoms with van der Waals surface area (Å²) in [7, 11) is 0. The maximum Gasteiger partial charge on any atom is 0.302 e. The molecule has 0 heterocycles. The molecule has 0 spiro atoms. The molecule has 19 heavy (non-hydrogen) atoms. The van der Waals surface area contributed by atoms with Crippen LogP contribution in [0, 0.1) is 5.92 Å². The predicted molar refractivity (Wildman–Crippen MR) is 82.1 cm³/mol. The Hall–Kier alpha value is -1.05. The standard InChI is InChI=1S/C17H30O2/c1-14(2)8-6-9-15(3)10-7-11-16(4)12-13-19-17(5)18/h8,10,16H,6-7,9,11-13H2,1-5H3/b15-10+. The van der Waals surface area contributed by atoms with Gasteiger partial charge < -0.3 is 4.74 Å². The number of allylic oxidation sites excluding steroid dienone is 4. The fraction of sp³-hybridized carbons (Fsp3) is 0.706. The van der Waals surface area contributed by atoms with Gasteiger partial charge in [0, 0.05) is 6.92 Å². The van der Waals surface area contributed by atoms with Gasteiger partial charge in [-0.1, -0.05) is 30.2 Å². The van der Waals surface area contributed by atoms with E-state index in [-0.39, 0.29) is 5.97 Å². The molecule has 0 fully saturated rings. The summed E-state index contributed by atoms with van der Waals surface area (Å²) < 4.78 is 4.95. The first kappa shape index (κ1) is 17.9. The SMILES string of the molecule is CC(=O)OCCC(C)CC/C=C(\C)CCC=C(C)C. The number of ether oxygens (including phenoxy) is 1. The van der Waals surface area contributed by atoms with Gasteiger partial charge in [-0.3, -0.25) is 4.79 Å². The van der Waals surface area contributed by atoms with E-state index in [2.05, 4.69) is 39.8 Å². The highest BCUT2D eigenvalue weighted by Crippen LogP contribution is 2.14. The van der Waals surface area contributed by atoms with E-state index in [1.807, 2.05) is 0 Å². The molecule has 1 atom stereocenters. The molecule has 0 aliphatic carbocycles. The molecule has 0 saturated carbocycles. The Bertz CT molecular complexity index is 309. The van der Waals surface area contributed by atoms with Gasteiger partial charge in [-0.15, -0.1) is 0 Å². The number of rotatable bonds is 9. The minimum absolute atomic E-state index is 0.179. The average Bonchev–Trinajstić information content (AvgIpc) is 2.27. The number of esters is 1. The van der Waals surface area contributed by atoms with Crippen molar-refractivity contribution in [1.82, 2.24) is 0 Å². The molecular weight excluding hydrogens is 236 g/mol. The first-order valence-electron chi connectivity index (χ1n) is 7.34. The van der Waals surface area contributed by atoms with E-state index in [1.54, 1.807) is 0 Å². The fourth-order valence-corrected chi connectivity index (χ4v) is 1.85. The monoisotopic (exact) mass is 266 g/mol. The molecule has 0 rings (SSSR count). The normalized spacial score (nSPS) is 13.0. The van der Waals surface area contributed by atoms with E-state index in [4.69, 9.17) is 4.74 Å². The van der Waals surface area contributed by atoms with Crippen LogP contribution in [-0.4, -0.2) is 12.6 Å². The van der Waals surface area contributed by atoms with E-state index >= 15 is 0 Å². The highest BCUT2D eigenvalue weighted by atomic mass is 16.5. The van der Waals surface area contributed by atoms with Crippen LogP contribution in [0.3, 0.4) is 0 Å². The summed E-state index contributed by atoms with van der Waals surface area (Å²) in [6.07, 6.45) is 10.2. The predicted octanol–water partition coefficient (Wildman–Crippen LogP) is 5.05. The second-order valence-electron chi connectivity index (χ2n) is 5.68. The van der Waals surface area contributed by atoms with Gasteiger partial charge in [-0.2, -0.15) is 0 Å². The van der Waals surface area contributed by atoms with Crippen LogP contribution in [0.15, 0.2) is 23.3 Å². The van der Waals surface area contributed by atoms with Crippen molar-refractivity contribution in [3.8, 4) is 0 Å². The van der Waals surface area contributed by atoms with Crippen molar-refractivity contribution >= 4 is 5.97 Å². The molecule has 2 nitrogen and oxygen atoms in total. The van der Waals surface area contributed by atoms with Crippen molar-refractivity contribution in [1.29, 1.82) is 0 Å². The first-order chi connectivity index (χ1) is 8.91. The van der Waals surface area contributed by atoms with Gasteiger partial charge in [-0.25, -0.2) is 0 Å². The molecule has 0 saturated heterocycles. The van der Waals surface area contributed by atoms with Gasteiger partial charge >= 0.3 is 5.97 Å². The topological polar surface area (TPSA) is 26.3 Å². The van der Waals surface area contributed by atoms with Crippen LogP contribution >= 0.6 is 0 Å². The highest BCUT2D eigenvalue weighted by Gasteiger charge is 2.02.